The molecule has 1 aromatic carbocycles. The van der Waals surface area contributed by atoms with Gasteiger partial charge in [0.25, 0.3) is 0 Å². The van der Waals surface area contributed by atoms with Crippen LogP contribution in [-0.2, 0) is 19.5 Å². The summed E-state index contributed by atoms with van der Waals surface area (Å²) < 4.78 is 3.19. The van der Waals surface area contributed by atoms with E-state index in [1.54, 1.807) is 4.57 Å². The molecule has 21 heavy (non-hydrogen) atoms. The quantitative estimate of drug-likeness (QED) is 0.879. The third-order valence-corrected chi connectivity index (χ3v) is 3.78. The number of aliphatic hydroxyl groups is 1. The highest BCUT2D eigenvalue weighted by atomic mass is 16.3. The Balaban J connectivity index is 2.29. The smallest absolute Gasteiger partial charge is 0.346 e. The minimum atomic E-state index is -0.0799. The molecular formula is C16H23N3O2. The van der Waals surface area contributed by atoms with Crippen molar-refractivity contribution in [2.24, 2.45) is 0 Å². The molecule has 0 unspecified atom stereocenters. The second kappa shape index (κ2) is 6.72. The van der Waals surface area contributed by atoms with Gasteiger partial charge in [-0.05, 0) is 43.9 Å². The molecule has 0 bridgehead atoms. The summed E-state index contributed by atoms with van der Waals surface area (Å²) in [5, 5.41) is 13.4. The lowest BCUT2D eigenvalue weighted by Gasteiger charge is -2.04. The normalized spacial score (nSPS) is 11.0. The van der Waals surface area contributed by atoms with Crippen LogP contribution in [0.15, 0.2) is 23.0 Å². The van der Waals surface area contributed by atoms with Gasteiger partial charge in [-0.15, -0.1) is 0 Å². The number of aryl methyl sites for hydroxylation is 3. The summed E-state index contributed by atoms with van der Waals surface area (Å²) in [6.45, 7) is 7.28. The molecule has 114 valence electrons. The highest BCUT2D eigenvalue weighted by Gasteiger charge is 2.12. The zero-order chi connectivity index (χ0) is 15.4. The van der Waals surface area contributed by atoms with Crippen molar-refractivity contribution in [2.75, 3.05) is 6.61 Å². The highest BCUT2D eigenvalue weighted by molar-refractivity contribution is 5.29. The fraction of sp³-hybridized carbons (Fsp3) is 0.500. The van der Waals surface area contributed by atoms with E-state index in [-0.39, 0.29) is 12.3 Å². The van der Waals surface area contributed by atoms with E-state index in [1.807, 2.05) is 13.0 Å². The van der Waals surface area contributed by atoms with Crippen molar-refractivity contribution in [1.29, 1.82) is 0 Å². The monoisotopic (exact) mass is 289 g/mol. The maximum atomic E-state index is 12.3. The Morgan fingerprint density at radius 3 is 2.62 bits per heavy atom. The van der Waals surface area contributed by atoms with Crippen LogP contribution in [-0.4, -0.2) is 26.1 Å². The van der Waals surface area contributed by atoms with Crippen LogP contribution in [0, 0.1) is 13.8 Å². The first-order valence-electron chi connectivity index (χ1n) is 7.40. The number of aliphatic hydroxyl groups excluding tert-OH is 1. The van der Waals surface area contributed by atoms with Gasteiger partial charge in [-0.3, -0.25) is 4.57 Å². The first-order valence-corrected chi connectivity index (χ1v) is 7.40. The van der Waals surface area contributed by atoms with Crippen molar-refractivity contribution < 1.29 is 5.11 Å². The Labute approximate surface area is 124 Å². The molecule has 5 nitrogen and oxygen atoms in total. The van der Waals surface area contributed by atoms with Crippen LogP contribution >= 0.6 is 0 Å². The summed E-state index contributed by atoms with van der Waals surface area (Å²) in [6.07, 6.45) is 1.25. The van der Waals surface area contributed by atoms with Crippen LogP contribution in [0.25, 0.3) is 0 Å². The molecule has 0 aliphatic rings. The summed E-state index contributed by atoms with van der Waals surface area (Å²) in [6, 6.07) is 6.20. The topological polar surface area (TPSA) is 60.0 Å². The van der Waals surface area contributed by atoms with E-state index in [9.17, 15) is 4.79 Å². The Morgan fingerprint density at radius 1 is 1.24 bits per heavy atom. The van der Waals surface area contributed by atoms with E-state index < -0.39 is 0 Å². The molecule has 0 amide bonds. The second-order valence-electron chi connectivity index (χ2n) is 5.35. The van der Waals surface area contributed by atoms with Gasteiger partial charge in [0.15, 0.2) is 0 Å². The predicted octanol–water partition coefficient (Wildman–Crippen LogP) is 1.65. The van der Waals surface area contributed by atoms with Gasteiger partial charge >= 0.3 is 5.69 Å². The lowest BCUT2D eigenvalue weighted by atomic mass is 10.1. The molecule has 0 aliphatic heterocycles. The van der Waals surface area contributed by atoms with Gasteiger partial charge in [0.1, 0.15) is 5.82 Å². The number of aromatic nitrogens is 3. The van der Waals surface area contributed by atoms with Gasteiger partial charge in [-0.1, -0.05) is 18.2 Å². The molecule has 0 radical (unpaired) electrons. The summed E-state index contributed by atoms with van der Waals surface area (Å²) in [5.74, 6) is 0.750. The first kappa shape index (κ1) is 15.5. The fourth-order valence-corrected chi connectivity index (χ4v) is 2.40. The number of hydrogen-bond donors (Lipinski definition) is 1. The van der Waals surface area contributed by atoms with Crippen LogP contribution in [0.5, 0.6) is 0 Å². The van der Waals surface area contributed by atoms with E-state index in [4.69, 9.17) is 5.11 Å². The summed E-state index contributed by atoms with van der Waals surface area (Å²) in [4.78, 5) is 12.3. The second-order valence-corrected chi connectivity index (χ2v) is 5.35. The lowest BCUT2D eigenvalue weighted by Crippen LogP contribution is -2.25. The largest absolute Gasteiger partial charge is 0.396 e. The summed E-state index contributed by atoms with van der Waals surface area (Å²) >= 11 is 0. The molecule has 2 aromatic rings. The molecule has 2 rings (SSSR count). The Hall–Kier alpha value is -1.88. The average Bonchev–Trinajstić information content (AvgIpc) is 2.76. The lowest BCUT2D eigenvalue weighted by molar-refractivity contribution is 0.286. The fourth-order valence-electron chi connectivity index (χ4n) is 2.40. The first-order chi connectivity index (χ1) is 10.1. The maximum absolute atomic E-state index is 12.3. The molecule has 0 saturated heterocycles. The predicted molar refractivity (Wildman–Crippen MR) is 82.6 cm³/mol. The van der Waals surface area contributed by atoms with Crippen molar-refractivity contribution >= 4 is 0 Å². The van der Waals surface area contributed by atoms with Crippen molar-refractivity contribution in [3.05, 3.63) is 51.2 Å². The van der Waals surface area contributed by atoms with E-state index in [1.165, 1.54) is 15.8 Å². The molecule has 1 aromatic heterocycles. The van der Waals surface area contributed by atoms with Gasteiger partial charge in [-0.2, -0.15) is 5.10 Å². The van der Waals surface area contributed by atoms with Crippen LogP contribution < -0.4 is 5.69 Å². The molecule has 5 heteroatoms. The van der Waals surface area contributed by atoms with E-state index in [0.717, 1.165) is 11.4 Å². The van der Waals surface area contributed by atoms with Gasteiger partial charge in [0, 0.05) is 19.6 Å². The molecule has 1 N–H and O–H groups in total. The van der Waals surface area contributed by atoms with Crippen LogP contribution in [0.1, 0.15) is 35.9 Å². The maximum Gasteiger partial charge on any atom is 0.346 e. The third kappa shape index (κ3) is 3.42. The minimum absolute atomic E-state index is 0.0799. The van der Waals surface area contributed by atoms with E-state index >= 15 is 0 Å². The van der Waals surface area contributed by atoms with Crippen molar-refractivity contribution in [2.45, 2.75) is 46.7 Å². The van der Waals surface area contributed by atoms with Crippen molar-refractivity contribution in [1.82, 2.24) is 14.3 Å². The van der Waals surface area contributed by atoms with E-state index in [0.29, 0.717) is 25.9 Å². The molecule has 0 saturated carbocycles. The Bertz CT molecular complexity index is 671. The molecule has 0 aliphatic carbocycles. The number of rotatable bonds is 6. The Morgan fingerprint density at radius 2 is 2.00 bits per heavy atom. The third-order valence-electron chi connectivity index (χ3n) is 3.78. The number of nitrogens with zero attached hydrogens (tertiary/aromatic N) is 3. The zero-order valence-corrected chi connectivity index (χ0v) is 13.0. The standard InChI is InChI=1S/C16H23N3O2/c1-4-18-15(6-5-9-20)17-19(16(18)21)11-14-8-7-12(2)13(3)10-14/h7-8,10,20H,4-6,9,11H2,1-3H3. The Kier molecular flexibility index (Phi) is 4.96. The van der Waals surface area contributed by atoms with Crippen LogP contribution in [0.2, 0.25) is 0 Å². The van der Waals surface area contributed by atoms with E-state index in [2.05, 4.69) is 31.1 Å². The van der Waals surface area contributed by atoms with Crippen molar-refractivity contribution in [3.63, 3.8) is 0 Å². The molecule has 0 fully saturated rings. The SMILES string of the molecule is CCn1c(CCCO)nn(Cc2ccc(C)c(C)c2)c1=O. The summed E-state index contributed by atoms with van der Waals surface area (Å²) in [5.41, 5.74) is 3.46. The highest BCUT2D eigenvalue weighted by Crippen LogP contribution is 2.10. The zero-order valence-electron chi connectivity index (χ0n) is 13.0. The molecular weight excluding hydrogens is 266 g/mol. The van der Waals surface area contributed by atoms with Gasteiger partial charge < -0.3 is 5.11 Å². The molecule has 0 spiro atoms. The van der Waals surface area contributed by atoms with Crippen molar-refractivity contribution in [3.8, 4) is 0 Å². The van der Waals surface area contributed by atoms with Gasteiger partial charge in [-0.25, -0.2) is 9.48 Å². The molecule has 0 atom stereocenters. The summed E-state index contributed by atoms with van der Waals surface area (Å²) in [7, 11) is 0. The average molecular weight is 289 g/mol. The van der Waals surface area contributed by atoms with Gasteiger partial charge in [0.2, 0.25) is 0 Å². The van der Waals surface area contributed by atoms with Crippen LogP contribution in [0.4, 0.5) is 0 Å². The minimum Gasteiger partial charge on any atom is -0.396 e. The van der Waals surface area contributed by atoms with Gasteiger partial charge in [0.05, 0.1) is 6.54 Å². The molecule has 1 heterocycles. The van der Waals surface area contributed by atoms with Crippen LogP contribution in [0.3, 0.4) is 0 Å². The number of benzene rings is 1. The number of hydrogen-bond acceptors (Lipinski definition) is 3.